The molecule has 0 saturated heterocycles. The summed E-state index contributed by atoms with van der Waals surface area (Å²) in [5.41, 5.74) is 10.1. The summed E-state index contributed by atoms with van der Waals surface area (Å²) in [5.74, 6) is 0.314. The number of amides is 1. The number of phenolic OH excluding ortho intramolecular Hbond substituents is 1. The molecule has 1 aromatic heterocycles. The molecule has 0 fully saturated rings. The maximum atomic E-state index is 12.9. The van der Waals surface area contributed by atoms with Crippen molar-refractivity contribution < 1.29 is 9.90 Å². The van der Waals surface area contributed by atoms with Gasteiger partial charge in [-0.1, -0.05) is 54.6 Å². The molecule has 0 saturated carbocycles. The molecule has 0 aliphatic rings. The van der Waals surface area contributed by atoms with E-state index in [1.165, 1.54) is 0 Å². The molecule has 5 aromatic rings. The zero-order chi connectivity index (χ0) is 23.5. The molecule has 0 aliphatic heterocycles. The Bertz CT molecular complexity index is 1480. The van der Waals surface area contributed by atoms with Gasteiger partial charge in [-0.3, -0.25) is 4.79 Å². The van der Waals surface area contributed by atoms with Crippen LogP contribution < -0.4 is 11.1 Å². The lowest BCUT2D eigenvalue weighted by atomic mass is 10.0. The van der Waals surface area contributed by atoms with Crippen LogP contribution in [-0.2, 0) is 11.2 Å². The summed E-state index contributed by atoms with van der Waals surface area (Å²) in [6.07, 6.45) is 1.84. The van der Waals surface area contributed by atoms with Gasteiger partial charge in [0.15, 0.2) is 5.82 Å². The number of nitrogens with zero attached hydrogens (tertiary/aromatic N) is 2. The number of hydrogen-bond donors (Lipinski definition) is 3. The van der Waals surface area contributed by atoms with E-state index in [2.05, 4.69) is 10.3 Å². The molecule has 1 heterocycles. The molecule has 1 amide bonds. The fraction of sp³-hybridized carbons (Fsp3) is 0.0357. The molecular formula is C28H22N4O2. The maximum Gasteiger partial charge on any atom is 0.230 e. The van der Waals surface area contributed by atoms with Crippen LogP contribution in [0.15, 0.2) is 97.2 Å². The van der Waals surface area contributed by atoms with Gasteiger partial charge in [-0.25, -0.2) is 9.97 Å². The minimum absolute atomic E-state index is 0.147. The number of anilines is 2. The molecule has 6 nitrogen and oxygen atoms in total. The first-order valence-corrected chi connectivity index (χ1v) is 10.8. The monoisotopic (exact) mass is 446 g/mol. The number of nitrogens with one attached hydrogen (secondary N) is 1. The van der Waals surface area contributed by atoms with Crippen LogP contribution in [0.25, 0.3) is 33.3 Å². The smallest absolute Gasteiger partial charge is 0.230 e. The standard InChI is InChI=1S/C28H22N4O2/c29-23-11-7-20(8-12-23)25-17-30-28(27(31-25)21-9-13-24(33)14-10-21)32-26(34)16-18-5-6-19-3-1-2-4-22(19)15-18/h1-15,17,33H,16,29H2,(H,30,32,34). The molecule has 5 rings (SSSR count). The second kappa shape index (κ2) is 9.03. The summed E-state index contributed by atoms with van der Waals surface area (Å²) in [6, 6.07) is 28.0. The third-order valence-electron chi connectivity index (χ3n) is 5.56. The lowest BCUT2D eigenvalue weighted by Crippen LogP contribution is -2.16. The highest BCUT2D eigenvalue weighted by molar-refractivity contribution is 5.95. The van der Waals surface area contributed by atoms with Crippen LogP contribution in [0, 0.1) is 0 Å². The average molecular weight is 447 g/mol. The van der Waals surface area contributed by atoms with Crippen LogP contribution in [0.1, 0.15) is 5.56 Å². The Morgan fingerprint density at radius 3 is 2.32 bits per heavy atom. The predicted octanol–water partition coefficient (Wildman–Crippen LogP) is 5.43. The molecule has 0 spiro atoms. The first kappa shape index (κ1) is 21.2. The topological polar surface area (TPSA) is 101 Å². The van der Waals surface area contributed by atoms with E-state index in [0.717, 1.165) is 27.5 Å². The summed E-state index contributed by atoms with van der Waals surface area (Å²) in [4.78, 5) is 22.2. The summed E-state index contributed by atoms with van der Waals surface area (Å²) in [6.45, 7) is 0. The molecule has 4 aromatic carbocycles. The quantitative estimate of drug-likeness (QED) is 0.312. The Kier molecular flexibility index (Phi) is 5.62. The predicted molar refractivity (Wildman–Crippen MR) is 135 cm³/mol. The summed E-state index contributed by atoms with van der Waals surface area (Å²) in [7, 11) is 0. The second-order valence-corrected chi connectivity index (χ2v) is 8.03. The first-order chi connectivity index (χ1) is 16.5. The first-order valence-electron chi connectivity index (χ1n) is 10.8. The molecule has 0 aliphatic carbocycles. The van der Waals surface area contributed by atoms with Crippen molar-refractivity contribution in [2.24, 2.45) is 0 Å². The molecule has 0 bridgehead atoms. The Morgan fingerprint density at radius 1 is 0.853 bits per heavy atom. The van der Waals surface area contributed by atoms with Crippen molar-refractivity contribution in [2.75, 3.05) is 11.1 Å². The number of rotatable bonds is 5. The lowest BCUT2D eigenvalue weighted by Gasteiger charge is -2.12. The van der Waals surface area contributed by atoms with Crippen LogP contribution >= 0.6 is 0 Å². The van der Waals surface area contributed by atoms with E-state index in [4.69, 9.17) is 10.7 Å². The third-order valence-corrected chi connectivity index (χ3v) is 5.56. The van der Waals surface area contributed by atoms with Gasteiger partial charge in [0.25, 0.3) is 0 Å². The minimum Gasteiger partial charge on any atom is -0.508 e. The van der Waals surface area contributed by atoms with Crippen molar-refractivity contribution in [1.82, 2.24) is 9.97 Å². The molecule has 4 N–H and O–H groups in total. The van der Waals surface area contributed by atoms with Crippen molar-refractivity contribution >= 4 is 28.2 Å². The number of aromatic nitrogens is 2. The number of nitrogen functional groups attached to an aromatic ring is 1. The SMILES string of the molecule is Nc1ccc(-c2cnc(NC(=O)Cc3ccc4ccccc4c3)c(-c3ccc(O)cc3)n2)cc1. The van der Waals surface area contributed by atoms with E-state index >= 15 is 0 Å². The number of fused-ring (bicyclic) bond motifs is 1. The average Bonchev–Trinajstić information content (AvgIpc) is 2.85. The fourth-order valence-electron chi connectivity index (χ4n) is 3.80. The number of carbonyl (C=O) groups is 1. The molecule has 166 valence electrons. The van der Waals surface area contributed by atoms with Crippen LogP contribution in [0.2, 0.25) is 0 Å². The van der Waals surface area contributed by atoms with Crippen LogP contribution in [0.4, 0.5) is 11.5 Å². The van der Waals surface area contributed by atoms with Crippen molar-refractivity contribution in [1.29, 1.82) is 0 Å². The zero-order valence-electron chi connectivity index (χ0n) is 18.3. The number of carbonyl (C=O) groups excluding carboxylic acids is 1. The number of hydrogen-bond acceptors (Lipinski definition) is 5. The molecule has 0 atom stereocenters. The van der Waals surface area contributed by atoms with Gasteiger partial charge in [0.2, 0.25) is 5.91 Å². The van der Waals surface area contributed by atoms with Gasteiger partial charge in [0.05, 0.1) is 18.3 Å². The Balaban J connectivity index is 1.45. The van der Waals surface area contributed by atoms with E-state index < -0.39 is 0 Å². The van der Waals surface area contributed by atoms with Crippen molar-refractivity contribution in [3.8, 4) is 28.3 Å². The van der Waals surface area contributed by atoms with Crippen LogP contribution in [-0.4, -0.2) is 21.0 Å². The Labute approximate surface area is 196 Å². The number of nitrogens with two attached hydrogens (primary N) is 1. The van der Waals surface area contributed by atoms with E-state index in [-0.39, 0.29) is 18.1 Å². The van der Waals surface area contributed by atoms with E-state index in [0.29, 0.717) is 22.9 Å². The number of aromatic hydroxyl groups is 1. The Morgan fingerprint density at radius 2 is 1.56 bits per heavy atom. The van der Waals surface area contributed by atoms with Gasteiger partial charge in [-0.05, 0) is 52.7 Å². The number of phenols is 1. The Hall–Kier alpha value is -4.71. The molecular weight excluding hydrogens is 424 g/mol. The summed E-state index contributed by atoms with van der Waals surface area (Å²) < 4.78 is 0. The number of benzene rings is 4. The molecule has 0 radical (unpaired) electrons. The largest absolute Gasteiger partial charge is 0.508 e. The van der Waals surface area contributed by atoms with Gasteiger partial charge < -0.3 is 16.2 Å². The van der Waals surface area contributed by atoms with Crippen molar-refractivity contribution in [3.63, 3.8) is 0 Å². The van der Waals surface area contributed by atoms with E-state index in [9.17, 15) is 9.90 Å². The van der Waals surface area contributed by atoms with Gasteiger partial charge in [0.1, 0.15) is 11.4 Å². The highest BCUT2D eigenvalue weighted by Gasteiger charge is 2.15. The molecule has 0 unspecified atom stereocenters. The lowest BCUT2D eigenvalue weighted by molar-refractivity contribution is -0.115. The van der Waals surface area contributed by atoms with E-state index in [1.54, 1.807) is 42.6 Å². The molecule has 34 heavy (non-hydrogen) atoms. The fourth-order valence-corrected chi connectivity index (χ4v) is 3.80. The highest BCUT2D eigenvalue weighted by Crippen LogP contribution is 2.29. The van der Waals surface area contributed by atoms with Gasteiger partial charge >= 0.3 is 0 Å². The van der Waals surface area contributed by atoms with Gasteiger partial charge in [-0.15, -0.1) is 0 Å². The summed E-state index contributed by atoms with van der Waals surface area (Å²) in [5, 5.41) is 14.8. The van der Waals surface area contributed by atoms with Crippen LogP contribution in [0.5, 0.6) is 5.75 Å². The van der Waals surface area contributed by atoms with Gasteiger partial charge in [-0.2, -0.15) is 0 Å². The van der Waals surface area contributed by atoms with Crippen molar-refractivity contribution in [2.45, 2.75) is 6.42 Å². The van der Waals surface area contributed by atoms with Crippen molar-refractivity contribution in [3.05, 3.63) is 103 Å². The normalized spacial score (nSPS) is 10.8. The van der Waals surface area contributed by atoms with E-state index in [1.807, 2.05) is 54.6 Å². The second-order valence-electron chi connectivity index (χ2n) is 8.03. The molecule has 6 heteroatoms. The maximum absolute atomic E-state index is 12.9. The highest BCUT2D eigenvalue weighted by atomic mass is 16.3. The third kappa shape index (κ3) is 4.56. The minimum atomic E-state index is -0.190. The van der Waals surface area contributed by atoms with Crippen LogP contribution in [0.3, 0.4) is 0 Å². The summed E-state index contributed by atoms with van der Waals surface area (Å²) >= 11 is 0. The zero-order valence-corrected chi connectivity index (χ0v) is 18.3. The van der Waals surface area contributed by atoms with Gasteiger partial charge in [0, 0.05) is 16.8 Å².